The molecule has 5 nitrogen and oxygen atoms in total. The van der Waals surface area contributed by atoms with E-state index in [-0.39, 0.29) is 5.91 Å². The van der Waals surface area contributed by atoms with Gasteiger partial charge < -0.3 is 4.98 Å². The van der Waals surface area contributed by atoms with Gasteiger partial charge in [0.1, 0.15) is 5.69 Å². The molecule has 2 rings (SSSR count). The van der Waals surface area contributed by atoms with Crippen LogP contribution in [0.15, 0.2) is 23.8 Å². The van der Waals surface area contributed by atoms with Crippen molar-refractivity contribution >= 4 is 23.4 Å². The van der Waals surface area contributed by atoms with Crippen molar-refractivity contribution in [2.45, 2.75) is 0 Å². The van der Waals surface area contributed by atoms with Crippen LogP contribution in [-0.4, -0.2) is 20.2 Å². The highest BCUT2D eigenvalue weighted by atomic mass is 32.1. The molecule has 2 aromatic heterocycles. The maximum absolute atomic E-state index is 11.3. The molecule has 6 heteroatoms. The van der Waals surface area contributed by atoms with Gasteiger partial charge in [-0.15, -0.1) is 0 Å². The van der Waals surface area contributed by atoms with Gasteiger partial charge in [0.25, 0.3) is 5.91 Å². The molecule has 2 heterocycles. The van der Waals surface area contributed by atoms with Crippen LogP contribution >= 0.6 is 11.5 Å². The summed E-state index contributed by atoms with van der Waals surface area (Å²) in [5, 5.41) is 4.31. The fraction of sp³-hybridized carbons (Fsp3) is 0. The number of amides is 1. The fourth-order valence-electron chi connectivity index (χ4n) is 0.835. The quantitative estimate of drug-likeness (QED) is 0.752. The lowest BCUT2D eigenvalue weighted by Crippen LogP contribution is -2.12. The van der Waals surface area contributed by atoms with Crippen molar-refractivity contribution in [2.24, 2.45) is 0 Å². The van der Waals surface area contributed by atoms with Gasteiger partial charge in [0.05, 0.1) is 0 Å². The van der Waals surface area contributed by atoms with Crippen LogP contribution in [0.3, 0.4) is 0 Å². The molecule has 0 saturated carbocycles. The first-order valence-corrected chi connectivity index (χ1v) is 4.41. The molecule has 0 fully saturated rings. The number of nitrogens with one attached hydrogen (secondary N) is 2. The number of rotatable bonds is 2. The second kappa shape index (κ2) is 3.36. The lowest BCUT2D eigenvalue weighted by molar-refractivity contribution is 0.102. The maximum atomic E-state index is 11.3. The van der Waals surface area contributed by atoms with Crippen LogP contribution < -0.4 is 5.32 Å². The summed E-state index contributed by atoms with van der Waals surface area (Å²) in [6.45, 7) is 0. The zero-order valence-corrected chi connectivity index (χ0v) is 7.34. The van der Waals surface area contributed by atoms with Gasteiger partial charge in [-0.05, 0) is 17.6 Å². The van der Waals surface area contributed by atoms with Gasteiger partial charge in [-0.1, -0.05) is 0 Å². The molecule has 66 valence electrons. The van der Waals surface area contributed by atoms with E-state index in [9.17, 15) is 4.79 Å². The van der Waals surface area contributed by atoms with Gasteiger partial charge in [0.2, 0.25) is 5.95 Å². The highest BCUT2D eigenvalue weighted by Crippen LogP contribution is 2.03. The third-order valence-electron chi connectivity index (χ3n) is 1.40. The normalized spacial score (nSPS) is 9.85. The number of aromatic amines is 1. The average molecular weight is 194 g/mol. The third kappa shape index (κ3) is 1.73. The molecule has 0 aliphatic rings. The second-order valence-corrected chi connectivity index (χ2v) is 2.94. The van der Waals surface area contributed by atoms with Gasteiger partial charge in [-0.25, -0.2) is 4.98 Å². The number of carbonyl (C=O) groups excluding carboxylic acids is 1. The Bertz CT molecular complexity index is 381. The summed E-state index contributed by atoms with van der Waals surface area (Å²) >= 11 is 1.24. The Labute approximate surface area is 78.0 Å². The second-order valence-electron chi connectivity index (χ2n) is 2.28. The Morgan fingerprint density at radius 2 is 2.54 bits per heavy atom. The number of nitrogens with zero attached hydrogens (tertiary/aromatic N) is 2. The minimum absolute atomic E-state index is 0.254. The summed E-state index contributed by atoms with van der Waals surface area (Å²) in [5.41, 5.74) is 0.404. The molecule has 0 unspecified atom stereocenters. The molecule has 2 aromatic rings. The van der Waals surface area contributed by atoms with Crippen molar-refractivity contribution in [3.05, 3.63) is 29.5 Å². The summed E-state index contributed by atoms with van der Waals surface area (Å²) in [4.78, 5) is 18.0. The van der Waals surface area contributed by atoms with Gasteiger partial charge >= 0.3 is 0 Å². The first-order chi connectivity index (χ1) is 6.36. The van der Waals surface area contributed by atoms with Crippen molar-refractivity contribution in [3.8, 4) is 0 Å². The zero-order chi connectivity index (χ0) is 9.10. The largest absolute Gasteiger partial charge is 0.331 e. The molecule has 0 radical (unpaired) electrons. The summed E-state index contributed by atoms with van der Waals surface area (Å²) in [6, 6.07) is 1.66. The highest BCUT2D eigenvalue weighted by molar-refractivity contribution is 7.03. The van der Waals surface area contributed by atoms with Crippen LogP contribution in [-0.2, 0) is 0 Å². The van der Waals surface area contributed by atoms with Crippen molar-refractivity contribution < 1.29 is 4.79 Å². The summed E-state index contributed by atoms with van der Waals surface area (Å²) in [7, 11) is 0. The molecule has 0 aliphatic carbocycles. The molecular formula is C7H6N4OS. The van der Waals surface area contributed by atoms with Crippen LogP contribution in [0.25, 0.3) is 0 Å². The molecular weight excluding hydrogens is 188 g/mol. The van der Waals surface area contributed by atoms with Crippen LogP contribution in [0.5, 0.6) is 0 Å². The predicted molar refractivity (Wildman–Crippen MR) is 48.7 cm³/mol. The summed E-state index contributed by atoms with van der Waals surface area (Å²) in [6.07, 6.45) is 3.20. The molecule has 0 aliphatic heterocycles. The van der Waals surface area contributed by atoms with E-state index in [0.29, 0.717) is 11.6 Å². The number of hydrogen-bond acceptors (Lipinski definition) is 4. The topological polar surface area (TPSA) is 70.7 Å². The molecule has 0 atom stereocenters. The van der Waals surface area contributed by atoms with E-state index in [1.165, 1.54) is 11.5 Å². The smallest absolute Gasteiger partial charge is 0.277 e. The van der Waals surface area contributed by atoms with E-state index in [1.54, 1.807) is 23.8 Å². The molecule has 13 heavy (non-hydrogen) atoms. The highest BCUT2D eigenvalue weighted by Gasteiger charge is 2.08. The van der Waals surface area contributed by atoms with E-state index in [0.717, 1.165) is 0 Å². The number of anilines is 1. The van der Waals surface area contributed by atoms with Gasteiger partial charge in [-0.2, -0.15) is 4.37 Å². The van der Waals surface area contributed by atoms with Crippen molar-refractivity contribution in [1.29, 1.82) is 0 Å². The zero-order valence-electron chi connectivity index (χ0n) is 6.52. The summed E-state index contributed by atoms with van der Waals surface area (Å²) < 4.78 is 3.88. The predicted octanol–water partition coefficient (Wildman–Crippen LogP) is 1.12. The molecule has 0 saturated heterocycles. The summed E-state index contributed by atoms with van der Waals surface area (Å²) in [5.74, 6) is 0.175. The average Bonchev–Trinajstić information content (AvgIpc) is 2.74. The Balaban J connectivity index is 2.08. The van der Waals surface area contributed by atoms with Gasteiger partial charge in [0.15, 0.2) is 0 Å². The molecule has 2 N–H and O–H groups in total. The monoisotopic (exact) mass is 194 g/mol. The van der Waals surface area contributed by atoms with Gasteiger partial charge in [-0.3, -0.25) is 10.1 Å². The van der Waals surface area contributed by atoms with E-state index in [1.807, 2.05) is 0 Å². The first-order valence-electron chi connectivity index (χ1n) is 3.57. The Morgan fingerprint density at radius 3 is 3.15 bits per heavy atom. The van der Waals surface area contributed by atoms with Gasteiger partial charge in [0, 0.05) is 17.8 Å². The lowest BCUT2D eigenvalue weighted by Gasteiger charge is -1.96. The van der Waals surface area contributed by atoms with Crippen molar-refractivity contribution in [2.75, 3.05) is 5.32 Å². The number of hydrogen-bond donors (Lipinski definition) is 2. The fourth-order valence-corrected chi connectivity index (χ4v) is 1.34. The van der Waals surface area contributed by atoms with E-state index in [4.69, 9.17) is 0 Å². The first kappa shape index (κ1) is 7.93. The Morgan fingerprint density at radius 1 is 1.62 bits per heavy atom. The maximum Gasteiger partial charge on any atom is 0.277 e. The Kier molecular flexibility index (Phi) is 2.05. The van der Waals surface area contributed by atoms with Crippen molar-refractivity contribution in [3.63, 3.8) is 0 Å². The number of imidazole rings is 1. The number of aromatic nitrogens is 3. The standard InChI is InChI=1S/C7H6N4OS/c12-6(5-1-4-13-11-5)10-7-8-2-3-9-7/h1-4H,(H2,8,9,10,12). The minimum atomic E-state index is -0.254. The molecule has 0 spiro atoms. The van der Waals surface area contributed by atoms with Crippen LogP contribution in [0, 0.1) is 0 Å². The number of H-pyrrole nitrogens is 1. The van der Waals surface area contributed by atoms with Crippen LogP contribution in [0.4, 0.5) is 5.95 Å². The molecule has 0 bridgehead atoms. The minimum Gasteiger partial charge on any atom is -0.331 e. The SMILES string of the molecule is O=C(Nc1ncc[nH]1)c1ccsn1. The van der Waals surface area contributed by atoms with Crippen LogP contribution in [0.1, 0.15) is 10.5 Å². The van der Waals surface area contributed by atoms with E-state index >= 15 is 0 Å². The molecule has 1 amide bonds. The van der Waals surface area contributed by atoms with E-state index < -0.39 is 0 Å². The third-order valence-corrected chi connectivity index (χ3v) is 1.96. The van der Waals surface area contributed by atoms with Crippen molar-refractivity contribution in [1.82, 2.24) is 14.3 Å². The van der Waals surface area contributed by atoms with Crippen LogP contribution in [0.2, 0.25) is 0 Å². The molecule has 0 aromatic carbocycles. The number of carbonyl (C=O) groups is 1. The Hall–Kier alpha value is -1.69. The van der Waals surface area contributed by atoms with E-state index in [2.05, 4.69) is 19.7 Å². The lowest BCUT2D eigenvalue weighted by atomic mass is 10.4.